The van der Waals surface area contributed by atoms with Gasteiger partial charge in [-0.1, -0.05) is 19.8 Å². The van der Waals surface area contributed by atoms with Gasteiger partial charge in [0.15, 0.2) is 0 Å². The maximum absolute atomic E-state index is 12.5. The van der Waals surface area contributed by atoms with Crippen LogP contribution in [0.15, 0.2) is 0 Å². The predicted molar refractivity (Wildman–Crippen MR) is 65.7 cm³/mol. The van der Waals surface area contributed by atoms with Crippen LogP contribution < -0.4 is 0 Å². The first-order chi connectivity index (χ1) is 7.75. The van der Waals surface area contributed by atoms with Gasteiger partial charge in [0.1, 0.15) is 5.54 Å². The van der Waals surface area contributed by atoms with Crippen molar-refractivity contribution in [2.24, 2.45) is 5.41 Å². The van der Waals surface area contributed by atoms with Crippen LogP contribution in [0.1, 0.15) is 53.4 Å². The molecule has 1 saturated carbocycles. The molecule has 0 aromatic rings. The average molecular weight is 241 g/mol. The van der Waals surface area contributed by atoms with Gasteiger partial charge in [-0.25, -0.2) is 4.79 Å². The lowest BCUT2D eigenvalue weighted by Crippen LogP contribution is -2.56. The highest BCUT2D eigenvalue weighted by atomic mass is 16.4. The topological polar surface area (TPSA) is 57.6 Å². The Balaban J connectivity index is 2.95. The zero-order chi connectivity index (χ0) is 13.3. The zero-order valence-electron chi connectivity index (χ0n) is 11.2. The van der Waals surface area contributed by atoms with Crippen molar-refractivity contribution in [2.45, 2.75) is 58.9 Å². The summed E-state index contributed by atoms with van der Waals surface area (Å²) in [5.74, 6) is -0.959. The molecule has 1 N–H and O–H groups in total. The number of carbonyl (C=O) groups excluding carboxylic acids is 1. The monoisotopic (exact) mass is 241 g/mol. The van der Waals surface area contributed by atoms with E-state index in [9.17, 15) is 14.7 Å². The van der Waals surface area contributed by atoms with E-state index in [4.69, 9.17) is 0 Å². The van der Waals surface area contributed by atoms with E-state index >= 15 is 0 Å². The number of amides is 1. The lowest BCUT2D eigenvalue weighted by Gasteiger charge is -2.39. The molecule has 0 aromatic heterocycles. The average Bonchev–Trinajstić information content (AvgIpc) is 2.66. The van der Waals surface area contributed by atoms with Crippen LogP contribution in [0.4, 0.5) is 0 Å². The molecule has 0 spiro atoms. The number of rotatable bonds is 4. The highest BCUT2D eigenvalue weighted by Gasteiger charge is 2.45. The molecule has 1 aliphatic carbocycles. The fraction of sp³-hybridized carbons (Fsp3) is 0.846. The fourth-order valence-corrected chi connectivity index (χ4v) is 2.60. The van der Waals surface area contributed by atoms with Gasteiger partial charge in [-0.2, -0.15) is 0 Å². The van der Waals surface area contributed by atoms with E-state index in [-0.39, 0.29) is 11.3 Å². The van der Waals surface area contributed by atoms with Gasteiger partial charge in [0.2, 0.25) is 5.91 Å². The second-order valence-corrected chi connectivity index (χ2v) is 5.68. The highest BCUT2D eigenvalue weighted by Crippen LogP contribution is 2.40. The van der Waals surface area contributed by atoms with E-state index in [0.29, 0.717) is 6.54 Å². The second-order valence-electron chi connectivity index (χ2n) is 5.68. The lowest BCUT2D eigenvalue weighted by molar-refractivity contribution is -0.161. The van der Waals surface area contributed by atoms with Gasteiger partial charge in [-0.3, -0.25) is 4.79 Å². The molecular formula is C13H23NO3. The van der Waals surface area contributed by atoms with E-state index in [1.165, 1.54) is 4.90 Å². The normalized spacial score (nSPS) is 19.1. The molecule has 4 nitrogen and oxygen atoms in total. The van der Waals surface area contributed by atoms with Gasteiger partial charge in [-0.15, -0.1) is 0 Å². The summed E-state index contributed by atoms with van der Waals surface area (Å²) in [5.41, 5.74) is -1.49. The van der Waals surface area contributed by atoms with Crippen LogP contribution in [0.5, 0.6) is 0 Å². The Bertz CT molecular complexity index is 317. The van der Waals surface area contributed by atoms with Crippen molar-refractivity contribution in [3.8, 4) is 0 Å². The Kier molecular flexibility index (Phi) is 3.84. The summed E-state index contributed by atoms with van der Waals surface area (Å²) in [6, 6.07) is 0. The Hall–Kier alpha value is -1.06. The third-order valence-electron chi connectivity index (χ3n) is 3.98. The third kappa shape index (κ3) is 2.45. The molecule has 0 aliphatic heterocycles. The number of carbonyl (C=O) groups is 2. The lowest BCUT2D eigenvalue weighted by atomic mass is 9.85. The number of likely N-dealkylation sites (N-methyl/N-ethyl adjacent to an activating group) is 1. The summed E-state index contributed by atoms with van der Waals surface area (Å²) in [6.45, 7) is 7.42. The first kappa shape index (κ1) is 14.0. The summed E-state index contributed by atoms with van der Waals surface area (Å²) in [4.78, 5) is 25.3. The van der Waals surface area contributed by atoms with Crippen molar-refractivity contribution >= 4 is 11.9 Å². The fourth-order valence-electron chi connectivity index (χ4n) is 2.60. The minimum atomic E-state index is -1.13. The molecule has 0 radical (unpaired) electrons. The molecule has 4 heteroatoms. The molecule has 17 heavy (non-hydrogen) atoms. The smallest absolute Gasteiger partial charge is 0.329 e. The Morgan fingerprint density at radius 1 is 1.29 bits per heavy atom. The maximum Gasteiger partial charge on any atom is 0.329 e. The largest absolute Gasteiger partial charge is 0.480 e. The van der Waals surface area contributed by atoms with Crippen molar-refractivity contribution in [2.75, 3.05) is 6.54 Å². The van der Waals surface area contributed by atoms with Crippen LogP contribution in [0.3, 0.4) is 0 Å². The molecule has 0 bridgehead atoms. The SMILES string of the molecule is CCN(C(=O)C1(C)CCCC1)C(C)(C)C(=O)O. The van der Waals surface area contributed by atoms with Crippen LogP contribution in [0.25, 0.3) is 0 Å². The molecule has 0 unspecified atom stereocenters. The number of carboxylic acids is 1. The van der Waals surface area contributed by atoms with E-state index in [1.807, 2.05) is 13.8 Å². The van der Waals surface area contributed by atoms with Crippen LogP contribution in [0.2, 0.25) is 0 Å². The van der Waals surface area contributed by atoms with Gasteiger partial charge in [-0.05, 0) is 33.6 Å². The first-order valence-electron chi connectivity index (χ1n) is 6.31. The molecule has 1 rings (SSSR count). The number of carboxylic acid groups (broad SMARTS) is 1. The van der Waals surface area contributed by atoms with Gasteiger partial charge in [0, 0.05) is 12.0 Å². The summed E-state index contributed by atoms with van der Waals surface area (Å²) in [6.07, 6.45) is 3.87. The van der Waals surface area contributed by atoms with Crippen molar-refractivity contribution in [3.63, 3.8) is 0 Å². The van der Waals surface area contributed by atoms with Crippen LogP contribution >= 0.6 is 0 Å². The number of nitrogens with zero attached hydrogens (tertiary/aromatic N) is 1. The van der Waals surface area contributed by atoms with Gasteiger partial charge < -0.3 is 10.0 Å². The van der Waals surface area contributed by atoms with Crippen molar-refractivity contribution < 1.29 is 14.7 Å². The Morgan fingerprint density at radius 3 is 2.12 bits per heavy atom. The molecule has 1 aliphatic rings. The molecule has 98 valence electrons. The maximum atomic E-state index is 12.5. The molecule has 0 saturated heterocycles. The molecule has 0 aromatic carbocycles. The Labute approximate surface area is 103 Å². The summed E-state index contributed by atoms with van der Waals surface area (Å²) in [5, 5.41) is 9.22. The summed E-state index contributed by atoms with van der Waals surface area (Å²) >= 11 is 0. The zero-order valence-corrected chi connectivity index (χ0v) is 11.2. The van der Waals surface area contributed by atoms with E-state index < -0.39 is 11.5 Å². The standard InChI is InChI=1S/C13H23NO3/c1-5-14(12(2,3)11(16)17)10(15)13(4)8-6-7-9-13/h5-9H2,1-4H3,(H,16,17). The molecule has 0 atom stereocenters. The molecule has 1 fully saturated rings. The summed E-state index contributed by atoms with van der Waals surface area (Å²) in [7, 11) is 0. The third-order valence-corrected chi connectivity index (χ3v) is 3.98. The van der Waals surface area contributed by atoms with Crippen molar-refractivity contribution in [1.82, 2.24) is 4.90 Å². The van der Waals surface area contributed by atoms with Crippen LogP contribution in [-0.2, 0) is 9.59 Å². The molecule has 1 amide bonds. The number of hydrogen-bond donors (Lipinski definition) is 1. The molecule has 0 heterocycles. The highest BCUT2D eigenvalue weighted by molar-refractivity contribution is 5.89. The minimum Gasteiger partial charge on any atom is -0.480 e. The Morgan fingerprint density at radius 2 is 1.76 bits per heavy atom. The van der Waals surface area contributed by atoms with E-state index in [1.54, 1.807) is 13.8 Å². The van der Waals surface area contributed by atoms with Crippen molar-refractivity contribution in [3.05, 3.63) is 0 Å². The molecular weight excluding hydrogens is 218 g/mol. The quantitative estimate of drug-likeness (QED) is 0.821. The summed E-state index contributed by atoms with van der Waals surface area (Å²) < 4.78 is 0. The van der Waals surface area contributed by atoms with Crippen LogP contribution in [0, 0.1) is 5.41 Å². The van der Waals surface area contributed by atoms with Gasteiger partial charge in [0.05, 0.1) is 0 Å². The van der Waals surface area contributed by atoms with E-state index in [0.717, 1.165) is 25.7 Å². The minimum absolute atomic E-state index is 0.00935. The second kappa shape index (κ2) is 4.67. The van der Waals surface area contributed by atoms with Crippen molar-refractivity contribution in [1.29, 1.82) is 0 Å². The van der Waals surface area contributed by atoms with Crippen LogP contribution in [-0.4, -0.2) is 34.0 Å². The van der Waals surface area contributed by atoms with Gasteiger partial charge >= 0.3 is 5.97 Å². The first-order valence-corrected chi connectivity index (χ1v) is 6.31. The van der Waals surface area contributed by atoms with Gasteiger partial charge in [0.25, 0.3) is 0 Å². The predicted octanol–water partition coefficient (Wildman–Crippen LogP) is 2.28. The van der Waals surface area contributed by atoms with E-state index in [2.05, 4.69) is 0 Å². The number of hydrogen-bond acceptors (Lipinski definition) is 2. The number of aliphatic carboxylic acids is 1.